The fraction of sp³-hybridized carbons (Fsp3) is 0.0625. The van der Waals surface area contributed by atoms with Crippen molar-refractivity contribution in [2.75, 3.05) is 0 Å². The lowest BCUT2D eigenvalue weighted by atomic mass is 10.0. The highest BCUT2D eigenvalue weighted by molar-refractivity contribution is 5.96. The van der Waals surface area contributed by atoms with Crippen LogP contribution in [0.4, 0.5) is 13.2 Å². The smallest absolute Gasteiger partial charge is 0.333 e. The van der Waals surface area contributed by atoms with Crippen LogP contribution in [0, 0.1) is 5.82 Å². The molecule has 0 fully saturated rings. The van der Waals surface area contributed by atoms with E-state index in [0.29, 0.717) is 27.1 Å². The highest BCUT2D eigenvalue weighted by Gasteiger charge is 2.19. The van der Waals surface area contributed by atoms with E-state index >= 15 is 0 Å². The van der Waals surface area contributed by atoms with Crippen molar-refractivity contribution in [3.8, 4) is 22.5 Å². The van der Waals surface area contributed by atoms with Gasteiger partial charge in [-0.3, -0.25) is 4.98 Å². The molecule has 0 radical (unpaired) electrons. The maximum absolute atomic E-state index is 13.1. The standard InChI is InChI=1S/C16H10F3N5/c17-9-1-2-13(22-7-9)14-12(8-24(23-14)16(18)19)10-3-5-20-15-11(10)4-6-21-15/h1-8,16H,(H,20,21). The van der Waals surface area contributed by atoms with Crippen molar-refractivity contribution < 1.29 is 13.2 Å². The van der Waals surface area contributed by atoms with Crippen molar-refractivity contribution in [2.24, 2.45) is 0 Å². The van der Waals surface area contributed by atoms with Gasteiger partial charge in [0.25, 0.3) is 0 Å². The minimum absolute atomic E-state index is 0.254. The first-order chi connectivity index (χ1) is 11.6. The van der Waals surface area contributed by atoms with Crippen molar-refractivity contribution in [2.45, 2.75) is 6.55 Å². The summed E-state index contributed by atoms with van der Waals surface area (Å²) in [4.78, 5) is 11.1. The average molecular weight is 329 g/mol. The molecule has 5 nitrogen and oxygen atoms in total. The Bertz CT molecular complexity index is 1000. The zero-order valence-corrected chi connectivity index (χ0v) is 12.1. The lowest BCUT2D eigenvalue weighted by molar-refractivity contribution is 0.0569. The monoisotopic (exact) mass is 329 g/mol. The number of rotatable bonds is 3. The molecule has 4 heterocycles. The summed E-state index contributed by atoms with van der Waals surface area (Å²) in [6.07, 6.45) is 5.58. The Morgan fingerprint density at radius 3 is 2.67 bits per heavy atom. The number of pyridine rings is 2. The van der Waals surface area contributed by atoms with Gasteiger partial charge in [0.05, 0.1) is 11.9 Å². The van der Waals surface area contributed by atoms with Gasteiger partial charge in [0.15, 0.2) is 0 Å². The van der Waals surface area contributed by atoms with Crippen LogP contribution in [-0.2, 0) is 0 Å². The number of nitrogens with one attached hydrogen (secondary N) is 1. The number of hydrogen-bond donors (Lipinski definition) is 1. The molecule has 0 aliphatic carbocycles. The second-order valence-corrected chi connectivity index (χ2v) is 5.11. The molecule has 0 bridgehead atoms. The molecule has 4 aromatic rings. The fourth-order valence-corrected chi connectivity index (χ4v) is 2.59. The highest BCUT2D eigenvalue weighted by Crippen LogP contribution is 2.35. The Hall–Kier alpha value is -3.16. The van der Waals surface area contributed by atoms with Crippen molar-refractivity contribution >= 4 is 11.0 Å². The Labute approximate surface area is 133 Å². The quantitative estimate of drug-likeness (QED) is 0.617. The van der Waals surface area contributed by atoms with Crippen LogP contribution in [0.15, 0.2) is 49.1 Å². The van der Waals surface area contributed by atoms with Crippen LogP contribution in [-0.4, -0.2) is 24.7 Å². The number of aromatic nitrogens is 5. The van der Waals surface area contributed by atoms with E-state index in [4.69, 9.17) is 0 Å². The first kappa shape index (κ1) is 14.4. The number of halogens is 3. The molecular weight excluding hydrogens is 319 g/mol. The van der Waals surface area contributed by atoms with Crippen LogP contribution in [0.25, 0.3) is 33.5 Å². The normalized spacial score (nSPS) is 11.5. The van der Waals surface area contributed by atoms with Gasteiger partial charge in [-0.25, -0.2) is 14.1 Å². The SMILES string of the molecule is Fc1ccc(-c2nn(C(F)F)cc2-c2ccnc3[nH]ccc23)nc1. The molecule has 0 spiro atoms. The van der Waals surface area contributed by atoms with E-state index < -0.39 is 12.4 Å². The first-order valence-corrected chi connectivity index (χ1v) is 7.05. The van der Waals surface area contributed by atoms with Crippen LogP contribution >= 0.6 is 0 Å². The van der Waals surface area contributed by atoms with E-state index in [-0.39, 0.29) is 5.69 Å². The Morgan fingerprint density at radius 2 is 1.92 bits per heavy atom. The van der Waals surface area contributed by atoms with Gasteiger partial charge >= 0.3 is 6.55 Å². The summed E-state index contributed by atoms with van der Waals surface area (Å²) in [5.41, 5.74) is 2.36. The molecule has 0 atom stereocenters. The molecule has 4 aromatic heterocycles. The van der Waals surface area contributed by atoms with Gasteiger partial charge in [0.2, 0.25) is 0 Å². The van der Waals surface area contributed by atoms with Gasteiger partial charge in [-0.1, -0.05) is 0 Å². The molecule has 0 amide bonds. The summed E-state index contributed by atoms with van der Waals surface area (Å²) in [5, 5.41) is 4.70. The Morgan fingerprint density at radius 1 is 1.04 bits per heavy atom. The second kappa shape index (κ2) is 5.48. The van der Waals surface area contributed by atoms with Crippen molar-refractivity contribution in [1.29, 1.82) is 0 Å². The van der Waals surface area contributed by atoms with Crippen molar-refractivity contribution in [3.05, 3.63) is 54.9 Å². The predicted octanol–water partition coefficient (Wildman–Crippen LogP) is 4.02. The Balaban J connectivity index is 1.97. The van der Waals surface area contributed by atoms with E-state index in [1.807, 2.05) is 0 Å². The minimum atomic E-state index is -2.79. The molecule has 0 aromatic carbocycles. The van der Waals surface area contributed by atoms with Crippen molar-refractivity contribution in [1.82, 2.24) is 24.7 Å². The van der Waals surface area contributed by atoms with E-state index in [0.717, 1.165) is 11.6 Å². The molecule has 0 unspecified atom stereocenters. The molecule has 0 aliphatic heterocycles. The largest absolute Gasteiger partial charge is 0.346 e. The van der Waals surface area contributed by atoms with Crippen molar-refractivity contribution in [3.63, 3.8) is 0 Å². The molecule has 1 N–H and O–H groups in total. The topological polar surface area (TPSA) is 59.4 Å². The van der Waals surface area contributed by atoms with Gasteiger partial charge in [-0.05, 0) is 29.8 Å². The van der Waals surface area contributed by atoms with Crippen LogP contribution in [0.1, 0.15) is 6.55 Å². The summed E-state index contributed by atoms with van der Waals surface area (Å²) < 4.78 is 39.9. The molecule has 24 heavy (non-hydrogen) atoms. The maximum atomic E-state index is 13.1. The zero-order valence-electron chi connectivity index (χ0n) is 12.1. The highest BCUT2D eigenvalue weighted by atomic mass is 19.3. The number of alkyl halides is 2. The summed E-state index contributed by atoms with van der Waals surface area (Å²) in [5.74, 6) is -0.509. The molecule has 8 heteroatoms. The maximum Gasteiger partial charge on any atom is 0.333 e. The van der Waals surface area contributed by atoms with Gasteiger partial charge < -0.3 is 4.98 Å². The van der Waals surface area contributed by atoms with Gasteiger partial charge in [0, 0.05) is 29.5 Å². The number of hydrogen-bond acceptors (Lipinski definition) is 3. The van der Waals surface area contributed by atoms with Gasteiger partial charge in [0.1, 0.15) is 17.2 Å². The fourth-order valence-electron chi connectivity index (χ4n) is 2.59. The van der Waals surface area contributed by atoms with Crippen LogP contribution in [0.5, 0.6) is 0 Å². The van der Waals surface area contributed by atoms with Crippen LogP contribution in [0.2, 0.25) is 0 Å². The predicted molar refractivity (Wildman–Crippen MR) is 81.8 cm³/mol. The summed E-state index contributed by atoms with van der Waals surface area (Å²) in [6, 6.07) is 6.15. The van der Waals surface area contributed by atoms with Gasteiger partial charge in [-0.15, -0.1) is 0 Å². The summed E-state index contributed by atoms with van der Waals surface area (Å²) in [6.45, 7) is -2.79. The average Bonchev–Trinajstić information content (AvgIpc) is 3.22. The number of nitrogens with zero attached hydrogens (tertiary/aromatic N) is 4. The molecular formula is C16H10F3N5. The van der Waals surface area contributed by atoms with E-state index in [2.05, 4.69) is 20.1 Å². The van der Waals surface area contributed by atoms with Crippen LogP contribution < -0.4 is 0 Å². The lowest BCUT2D eigenvalue weighted by Gasteiger charge is -2.03. The number of aromatic amines is 1. The summed E-state index contributed by atoms with van der Waals surface area (Å²) in [7, 11) is 0. The zero-order chi connectivity index (χ0) is 16.7. The lowest BCUT2D eigenvalue weighted by Crippen LogP contribution is -1.98. The second-order valence-electron chi connectivity index (χ2n) is 5.11. The minimum Gasteiger partial charge on any atom is -0.346 e. The van der Waals surface area contributed by atoms with Crippen LogP contribution in [0.3, 0.4) is 0 Å². The molecule has 0 saturated heterocycles. The molecule has 0 saturated carbocycles. The van der Waals surface area contributed by atoms with E-state index in [9.17, 15) is 13.2 Å². The van der Waals surface area contributed by atoms with E-state index in [1.165, 1.54) is 18.3 Å². The van der Waals surface area contributed by atoms with Gasteiger partial charge in [-0.2, -0.15) is 13.9 Å². The summed E-state index contributed by atoms with van der Waals surface area (Å²) >= 11 is 0. The third kappa shape index (κ3) is 2.32. The third-order valence-electron chi connectivity index (χ3n) is 3.65. The number of H-pyrrole nitrogens is 1. The Kier molecular flexibility index (Phi) is 3.30. The van der Waals surface area contributed by atoms with E-state index in [1.54, 1.807) is 24.5 Å². The molecule has 0 aliphatic rings. The molecule has 120 valence electrons. The number of fused-ring (bicyclic) bond motifs is 1. The molecule has 4 rings (SSSR count). The first-order valence-electron chi connectivity index (χ1n) is 7.05. The third-order valence-corrected chi connectivity index (χ3v) is 3.65.